The van der Waals surface area contributed by atoms with Crippen LogP contribution < -0.4 is 19.8 Å². The third-order valence-corrected chi connectivity index (χ3v) is 15.9. The molecule has 3 aliphatic heterocycles. The Morgan fingerprint density at radius 2 is 1.35 bits per heavy atom. The fourth-order valence-corrected chi connectivity index (χ4v) is 12.7. The van der Waals surface area contributed by atoms with Gasteiger partial charge in [0.2, 0.25) is 0 Å². The number of imidazole rings is 1. The molecule has 14 rings (SSSR count). The van der Waals surface area contributed by atoms with Gasteiger partial charge in [-0.05, 0) is 11.6 Å². The average molecular weight is 1190 g/mol. The van der Waals surface area contributed by atoms with E-state index in [1.165, 1.54) is 6.07 Å². The Morgan fingerprint density at radius 3 is 2.12 bits per heavy atom. The summed E-state index contributed by atoms with van der Waals surface area (Å²) in [5, 5.41) is 0. The van der Waals surface area contributed by atoms with E-state index < -0.39 is 44.3 Å². The Balaban J connectivity index is 1.02. The van der Waals surface area contributed by atoms with Gasteiger partial charge in [0.15, 0.2) is 0 Å². The second kappa shape index (κ2) is 18.2. The van der Waals surface area contributed by atoms with Crippen LogP contribution in [-0.2, 0) is 31.1 Å². The second-order valence-electron chi connectivity index (χ2n) is 21.0. The number of pyridine rings is 1. The summed E-state index contributed by atoms with van der Waals surface area (Å²) >= 11 is 2.27. The molecule has 2 aromatic heterocycles. The number of rotatable bonds is 9. The number of aromatic nitrogens is 3. The Labute approximate surface area is 476 Å². The molecule has 0 fully saturated rings. The second-order valence-corrected chi connectivity index (χ2v) is 22.0. The third kappa shape index (κ3) is 7.57. The Hall–Kier alpha value is -8.25. The fourth-order valence-electron chi connectivity index (χ4n) is 11.6. The summed E-state index contributed by atoms with van der Waals surface area (Å²) in [4.78, 5) is 9.72. The zero-order valence-corrected chi connectivity index (χ0v) is 45.1. The molecule has 5 heterocycles. The monoisotopic (exact) mass is 1180 g/mol. The first-order valence-electron chi connectivity index (χ1n) is 30.8. The molecule has 0 spiro atoms. The van der Waals surface area contributed by atoms with Crippen LogP contribution in [0.1, 0.15) is 65.0 Å². The van der Waals surface area contributed by atoms with Crippen molar-refractivity contribution in [1.82, 2.24) is 14.1 Å². The van der Waals surface area contributed by atoms with Crippen molar-refractivity contribution >= 4 is 46.4 Å². The Bertz CT molecular complexity index is 4750. The number of hydrogen-bond donors (Lipinski definition) is 0. The van der Waals surface area contributed by atoms with Gasteiger partial charge < -0.3 is 0 Å². The van der Waals surface area contributed by atoms with Gasteiger partial charge in [-0.1, -0.05) is 30.3 Å². The van der Waals surface area contributed by atoms with E-state index in [2.05, 4.69) is 110 Å². The number of anilines is 4. The number of nitrogens with zero attached hydrogens (tertiary/aromatic N) is 5. The molecule has 0 radical (unpaired) electrons. The molecule has 0 aliphatic carbocycles. The van der Waals surface area contributed by atoms with E-state index in [0.29, 0.717) is 48.8 Å². The van der Waals surface area contributed by atoms with Crippen LogP contribution in [0.25, 0.3) is 78.0 Å². The van der Waals surface area contributed by atoms with Gasteiger partial charge in [0, 0.05) is 11.3 Å². The standard InChI is InChI=1S/C69H54BN5O.Pt/c1-44(2)40-48-22-10-11-23-51(48)55-39-38-50(72-43-73(60-31-15-14-30-59(60)72)67-52(46-20-8-7-9-21-46)25-18-26-53(67)47-34-36-49(37-35-47)69(4,5)6)42-63(55)76-64-41-45(3)65-57-28-19-27-56-54-24-12-13-29-58(54)74-61-32-16-17-33-62(61)75(68(65)71-64)70(74)66(56)57;/h7-32,34-39,41,44H,40H2,1-6H3;/q-2;/i3D3,7D,8D,9D,20D,21D,40D2;. The molecule has 6 nitrogen and oxygen atoms in total. The van der Waals surface area contributed by atoms with Gasteiger partial charge in [0.1, 0.15) is 0 Å². The van der Waals surface area contributed by atoms with Crippen LogP contribution >= 0.6 is 0 Å². The van der Waals surface area contributed by atoms with Crippen molar-refractivity contribution in [3.8, 4) is 78.6 Å². The summed E-state index contributed by atoms with van der Waals surface area (Å²) in [6.45, 7) is 7.03. The van der Waals surface area contributed by atoms with Crippen molar-refractivity contribution in [2.24, 2.45) is 5.92 Å². The van der Waals surface area contributed by atoms with Gasteiger partial charge in [0.05, 0.1) is 0 Å². The predicted octanol–water partition coefficient (Wildman–Crippen LogP) is 16.7. The zero-order valence-electron chi connectivity index (χ0n) is 52.8. The summed E-state index contributed by atoms with van der Waals surface area (Å²) in [5.74, 6) is 0.0629. The van der Waals surface area contributed by atoms with E-state index in [1.807, 2.05) is 126 Å². The maximum atomic E-state index is 9.48. The van der Waals surface area contributed by atoms with Gasteiger partial charge in [-0.2, -0.15) is 12.1 Å². The molecule has 9 aromatic carbocycles. The average Bonchev–Trinajstić information content (AvgIpc) is 1.60. The quantitative estimate of drug-likeness (QED) is 0.107. The molecule has 3 aliphatic rings. The first-order valence-corrected chi connectivity index (χ1v) is 26.9. The van der Waals surface area contributed by atoms with Crippen LogP contribution in [0.2, 0.25) is 0 Å². The molecule has 8 heteroatoms. The number of benzene rings is 9. The summed E-state index contributed by atoms with van der Waals surface area (Å²) in [6, 6.07) is 59.5. The van der Waals surface area contributed by atoms with Crippen LogP contribution in [0.5, 0.6) is 11.6 Å². The number of aryl methyl sites for hydroxylation is 1. The first kappa shape index (κ1) is 37.5. The van der Waals surface area contributed by atoms with Crippen molar-refractivity contribution in [1.29, 1.82) is 0 Å². The molecule has 77 heavy (non-hydrogen) atoms. The normalized spacial score (nSPS) is 15.2. The van der Waals surface area contributed by atoms with Crippen LogP contribution in [0.15, 0.2) is 200 Å². The summed E-state index contributed by atoms with van der Waals surface area (Å²) < 4.78 is 103. The van der Waals surface area contributed by atoms with Crippen molar-refractivity contribution in [2.45, 2.75) is 53.3 Å². The number of hydrogen-bond acceptors (Lipinski definition) is 4. The zero-order chi connectivity index (χ0) is 60.9. The SMILES string of the molecule is [2H]c1c([2H])c([2H])c(-c2cccc(-c3ccc(C(C)(C)C)cc3)c2-n2[c](=[Pt])n(-c3[c-]c(Oc4cc(C([2H])([2H])[2H])c5c(n4)N4B6c7c(cccc7-5)-c5ccccc5N6c5ccc[c-]c54)c(-c4ccccc4C([2H])([2H])C(C)C)cc3)c3ccccc32)c([2H])c1[2H]. The molecule has 0 saturated carbocycles. The molecular formula is C69H54BN5OPt-2. The number of ether oxygens (including phenoxy) is 1. The first-order chi connectivity index (χ1) is 41.6. The van der Waals surface area contributed by atoms with Gasteiger partial charge in [0.25, 0.3) is 0 Å². The Kier molecular flexibility index (Phi) is 8.87. The van der Waals surface area contributed by atoms with Gasteiger partial charge in [-0.3, -0.25) is 0 Å². The molecule has 0 N–H and O–H groups in total. The molecule has 0 atom stereocenters. The van der Waals surface area contributed by atoms with Gasteiger partial charge in [-0.25, -0.2) is 0 Å². The predicted molar refractivity (Wildman–Crippen MR) is 313 cm³/mol. The minimum absolute atomic E-state index is 0.0254. The van der Waals surface area contributed by atoms with Crippen LogP contribution in [0.3, 0.4) is 0 Å². The van der Waals surface area contributed by atoms with Crippen LogP contribution in [0.4, 0.5) is 22.9 Å². The molecule has 0 bridgehead atoms. The van der Waals surface area contributed by atoms with Crippen molar-refractivity contribution in [2.75, 3.05) is 9.62 Å². The van der Waals surface area contributed by atoms with E-state index >= 15 is 0 Å². The summed E-state index contributed by atoms with van der Waals surface area (Å²) in [7, 11) is 0. The van der Waals surface area contributed by atoms with Crippen molar-refractivity contribution in [3.05, 3.63) is 233 Å². The third-order valence-electron chi connectivity index (χ3n) is 14.9. The van der Waals surface area contributed by atoms with Crippen molar-refractivity contribution in [3.63, 3.8) is 0 Å². The van der Waals surface area contributed by atoms with E-state index in [-0.39, 0.29) is 40.3 Å². The van der Waals surface area contributed by atoms with E-state index in [9.17, 15) is 9.60 Å². The van der Waals surface area contributed by atoms with Gasteiger partial charge in [-0.15, -0.1) is 6.07 Å². The molecule has 0 amide bonds. The molecule has 376 valence electrons. The van der Waals surface area contributed by atoms with Crippen LogP contribution in [0, 0.1) is 28.7 Å². The van der Waals surface area contributed by atoms with Crippen LogP contribution in [-0.4, -0.2) is 21.1 Å². The molecule has 0 unspecified atom stereocenters. The summed E-state index contributed by atoms with van der Waals surface area (Å²) in [6.07, 6.45) is -1.81. The number of para-hydroxylation sites is 5. The minimum atomic E-state index is -2.67. The van der Waals surface area contributed by atoms with E-state index in [4.69, 9.17) is 13.8 Å². The fraction of sp³-hybridized carbons (Fsp3) is 0.130. The van der Waals surface area contributed by atoms with Crippen molar-refractivity contribution < 1.29 is 37.8 Å². The Morgan fingerprint density at radius 1 is 0.675 bits per heavy atom. The summed E-state index contributed by atoms with van der Waals surface area (Å²) in [5.41, 5.74) is 13.8. The maximum absolute atomic E-state index is 9.48. The van der Waals surface area contributed by atoms with E-state index in [1.54, 1.807) is 12.1 Å². The molecule has 11 aromatic rings. The molecule has 0 saturated heterocycles. The van der Waals surface area contributed by atoms with E-state index in [0.717, 1.165) is 66.9 Å². The number of fused-ring (bicyclic) bond motifs is 10. The molecular weight excluding hydrogens is 1120 g/mol. The topological polar surface area (TPSA) is 38.5 Å². The van der Waals surface area contributed by atoms with Gasteiger partial charge >= 0.3 is 407 Å².